The van der Waals surface area contributed by atoms with Gasteiger partial charge in [-0.1, -0.05) is 0 Å². The molecule has 98 valence electrons. The Morgan fingerprint density at radius 1 is 1.41 bits per heavy atom. The molecule has 0 aliphatic carbocycles. The van der Waals surface area contributed by atoms with E-state index in [2.05, 4.69) is 4.74 Å². The van der Waals surface area contributed by atoms with E-state index in [0.717, 1.165) is 6.92 Å². The van der Waals surface area contributed by atoms with E-state index in [-0.39, 0.29) is 6.47 Å². The first kappa shape index (κ1) is 13.8. The van der Waals surface area contributed by atoms with Crippen LogP contribution >= 0.6 is 0 Å². The lowest BCUT2D eigenvalue weighted by Gasteiger charge is -2.40. The molecule has 0 amide bonds. The molecule has 1 rings (SSSR count). The van der Waals surface area contributed by atoms with Gasteiger partial charge in [-0.3, -0.25) is 9.59 Å². The van der Waals surface area contributed by atoms with E-state index in [4.69, 9.17) is 14.6 Å². The summed E-state index contributed by atoms with van der Waals surface area (Å²) < 4.78 is 14.1. The molecular weight excluding hydrogens is 236 g/mol. The zero-order valence-corrected chi connectivity index (χ0v) is 9.05. The molecule has 0 unspecified atom stereocenters. The van der Waals surface area contributed by atoms with Crippen LogP contribution < -0.4 is 0 Å². The number of carbonyl (C=O) groups is 2. The summed E-state index contributed by atoms with van der Waals surface area (Å²) in [6, 6.07) is 0. The molecule has 1 fully saturated rings. The van der Waals surface area contributed by atoms with Crippen LogP contribution in [-0.4, -0.2) is 65.1 Å². The molecule has 8 heteroatoms. The van der Waals surface area contributed by atoms with Crippen molar-refractivity contribution in [2.75, 3.05) is 6.61 Å². The minimum absolute atomic E-state index is 0.0524. The first-order valence-corrected chi connectivity index (χ1v) is 4.90. The van der Waals surface area contributed by atoms with Crippen LogP contribution in [0, 0.1) is 0 Å². The summed E-state index contributed by atoms with van der Waals surface area (Å²) in [5.74, 6) is -0.730. The Labute approximate surface area is 96.7 Å². The van der Waals surface area contributed by atoms with Crippen LogP contribution in [-0.2, 0) is 23.8 Å². The van der Waals surface area contributed by atoms with Crippen molar-refractivity contribution < 1.29 is 39.1 Å². The van der Waals surface area contributed by atoms with Crippen molar-refractivity contribution in [1.29, 1.82) is 0 Å². The summed E-state index contributed by atoms with van der Waals surface area (Å²) in [7, 11) is 0. The van der Waals surface area contributed by atoms with Gasteiger partial charge < -0.3 is 29.5 Å². The smallest absolute Gasteiger partial charge is 0.303 e. The summed E-state index contributed by atoms with van der Waals surface area (Å²) in [6.07, 6.45) is -6.75. The molecular formula is C9H14O8. The molecule has 0 aromatic heterocycles. The van der Waals surface area contributed by atoms with E-state index >= 15 is 0 Å². The van der Waals surface area contributed by atoms with Crippen molar-refractivity contribution in [1.82, 2.24) is 0 Å². The second-order valence-electron chi connectivity index (χ2n) is 3.51. The van der Waals surface area contributed by atoms with Gasteiger partial charge >= 0.3 is 5.97 Å². The van der Waals surface area contributed by atoms with E-state index in [1.807, 2.05) is 0 Å². The number of esters is 1. The van der Waals surface area contributed by atoms with Crippen LogP contribution in [0.25, 0.3) is 0 Å². The minimum atomic E-state index is -1.59. The fraction of sp³-hybridized carbons (Fsp3) is 0.778. The van der Waals surface area contributed by atoms with Crippen LogP contribution in [0.4, 0.5) is 0 Å². The van der Waals surface area contributed by atoms with Crippen LogP contribution in [0.2, 0.25) is 0 Å². The maximum atomic E-state index is 10.8. The maximum absolute atomic E-state index is 10.8. The Kier molecular flexibility index (Phi) is 4.82. The highest BCUT2D eigenvalue weighted by Gasteiger charge is 2.47. The molecule has 0 spiro atoms. The Morgan fingerprint density at radius 3 is 2.53 bits per heavy atom. The van der Waals surface area contributed by atoms with Gasteiger partial charge in [-0.15, -0.1) is 0 Å². The molecule has 1 heterocycles. The molecule has 0 saturated carbocycles. The first-order chi connectivity index (χ1) is 8.01. The second-order valence-corrected chi connectivity index (χ2v) is 3.51. The molecule has 0 aromatic carbocycles. The highest BCUT2D eigenvalue weighted by atomic mass is 16.7. The molecule has 5 atom stereocenters. The molecule has 1 aliphatic heterocycles. The number of hydrogen-bond donors (Lipinski definition) is 3. The fourth-order valence-electron chi connectivity index (χ4n) is 1.60. The van der Waals surface area contributed by atoms with Gasteiger partial charge in [0.05, 0.1) is 6.61 Å². The largest absolute Gasteiger partial charge is 0.458 e. The quantitative estimate of drug-likeness (QED) is 0.370. The average Bonchev–Trinajstić information content (AvgIpc) is 2.27. The SMILES string of the molecule is CC(=O)O[C@H]1[C@@H](OC=O)[C@H](O)[C@@H](CO)O[C@@H]1O. The molecule has 1 saturated heterocycles. The van der Waals surface area contributed by atoms with Crippen LogP contribution in [0.3, 0.4) is 0 Å². The van der Waals surface area contributed by atoms with E-state index in [9.17, 15) is 19.8 Å². The highest BCUT2D eigenvalue weighted by molar-refractivity contribution is 5.66. The lowest BCUT2D eigenvalue weighted by atomic mass is 9.99. The van der Waals surface area contributed by atoms with Gasteiger partial charge in [-0.25, -0.2) is 0 Å². The van der Waals surface area contributed by atoms with Crippen molar-refractivity contribution in [2.45, 2.75) is 37.6 Å². The topological polar surface area (TPSA) is 123 Å². The second kappa shape index (κ2) is 5.92. The summed E-state index contributed by atoms with van der Waals surface area (Å²) in [5, 5.41) is 28.1. The van der Waals surface area contributed by atoms with Gasteiger partial charge in [0.15, 0.2) is 18.5 Å². The fourth-order valence-corrected chi connectivity index (χ4v) is 1.60. The maximum Gasteiger partial charge on any atom is 0.303 e. The van der Waals surface area contributed by atoms with E-state index in [1.165, 1.54) is 0 Å². The predicted octanol–water partition coefficient (Wildman–Crippen LogP) is -2.47. The summed E-state index contributed by atoms with van der Waals surface area (Å²) in [4.78, 5) is 21.1. The van der Waals surface area contributed by atoms with Crippen molar-refractivity contribution in [3.63, 3.8) is 0 Å². The Bertz CT molecular complexity index is 280. The van der Waals surface area contributed by atoms with E-state index in [0.29, 0.717) is 0 Å². The minimum Gasteiger partial charge on any atom is -0.458 e. The van der Waals surface area contributed by atoms with E-state index in [1.54, 1.807) is 0 Å². The standard InChI is InChI=1S/C9H14O8/c1-4(12)16-8-7(15-3-11)6(13)5(2-10)17-9(8)14/h3,5-10,13-14H,2H2,1H3/t5-,6-,7+,8+,9+/m1/s1. The van der Waals surface area contributed by atoms with Crippen LogP contribution in [0.15, 0.2) is 0 Å². The number of hydrogen-bond acceptors (Lipinski definition) is 8. The number of rotatable bonds is 4. The number of aliphatic hydroxyl groups excluding tert-OH is 3. The van der Waals surface area contributed by atoms with Crippen LogP contribution in [0.5, 0.6) is 0 Å². The molecule has 0 bridgehead atoms. The van der Waals surface area contributed by atoms with Crippen molar-refractivity contribution >= 4 is 12.4 Å². The monoisotopic (exact) mass is 250 g/mol. The van der Waals surface area contributed by atoms with Crippen molar-refractivity contribution in [2.24, 2.45) is 0 Å². The van der Waals surface area contributed by atoms with Crippen molar-refractivity contribution in [3.8, 4) is 0 Å². The normalized spacial score (nSPS) is 37.3. The Morgan fingerprint density at radius 2 is 2.06 bits per heavy atom. The molecule has 8 nitrogen and oxygen atoms in total. The lowest BCUT2D eigenvalue weighted by Crippen LogP contribution is -2.60. The van der Waals surface area contributed by atoms with Crippen molar-refractivity contribution in [3.05, 3.63) is 0 Å². The third kappa shape index (κ3) is 3.13. The highest BCUT2D eigenvalue weighted by Crippen LogP contribution is 2.24. The Hall–Kier alpha value is -1.22. The third-order valence-electron chi connectivity index (χ3n) is 2.33. The van der Waals surface area contributed by atoms with Gasteiger partial charge in [-0.2, -0.15) is 0 Å². The molecule has 0 radical (unpaired) electrons. The third-order valence-corrected chi connectivity index (χ3v) is 2.33. The molecule has 1 aliphatic rings. The number of aliphatic hydroxyl groups is 3. The van der Waals surface area contributed by atoms with E-state index < -0.39 is 43.3 Å². The molecule has 3 N–H and O–H groups in total. The predicted molar refractivity (Wildman–Crippen MR) is 50.5 cm³/mol. The summed E-state index contributed by atoms with van der Waals surface area (Å²) in [5.41, 5.74) is 0. The van der Waals surface area contributed by atoms with Gasteiger partial charge in [0, 0.05) is 6.92 Å². The summed E-state index contributed by atoms with van der Waals surface area (Å²) >= 11 is 0. The number of carbonyl (C=O) groups excluding carboxylic acids is 2. The average molecular weight is 250 g/mol. The summed E-state index contributed by atoms with van der Waals surface area (Å²) in [6.45, 7) is 0.565. The van der Waals surface area contributed by atoms with Gasteiger partial charge in [0.1, 0.15) is 12.2 Å². The van der Waals surface area contributed by atoms with Crippen LogP contribution in [0.1, 0.15) is 6.92 Å². The molecule has 0 aromatic rings. The Balaban J connectivity index is 2.84. The first-order valence-electron chi connectivity index (χ1n) is 4.90. The number of ether oxygens (including phenoxy) is 3. The zero-order valence-electron chi connectivity index (χ0n) is 9.05. The molecule has 17 heavy (non-hydrogen) atoms. The van der Waals surface area contributed by atoms with Gasteiger partial charge in [-0.05, 0) is 0 Å². The van der Waals surface area contributed by atoms with Gasteiger partial charge in [0.2, 0.25) is 0 Å². The lowest BCUT2D eigenvalue weighted by molar-refractivity contribution is -0.291. The van der Waals surface area contributed by atoms with Gasteiger partial charge in [0.25, 0.3) is 6.47 Å². The zero-order chi connectivity index (χ0) is 13.0.